The minimum Gasteiger partial charge on any atom is -0.409 e. The highest BCUT2D eigenvalue weighted by Crippen LogP contribution is 2.14. The summed E-state index contributed by atoms with van der Waals surface area (Å²) < 4.78 is 0. The molecule has 90 valence electrons. The van der Waals surface area contributed by atoms with Crippen molar-refractivity contribution in [3.8, 4) is 0 Å². The van der Waals surface area contributed by atoms with Gasteiger partial charge in [0.2, 0.25) is 0 Å². The Morgan fingerprint density at radius 2 is 1.94 bits per heavy atom. The lowest BCUT2D eigenvalue weighted by Gasteiger charge is -2.15. The molecule has 1 fully saturated rings. The minimum absolute atomic E-state index is 0.00934. The van der Waals surface area contributed by atoms with E-state index in [0.29, 0.717) is 11.1 Å². The molecule has 0 aliphatic carbocycles. The van der Waals surface area contributed by atoms with Gasteiger partial charge in [0.15, 0.2) is 5.84 Å². The minimum atomic E-state index is 0.00934. The average molecular weight is 233 g/mol. The fourth-order valence-corrected chi connectivity index (χ4v) is 1.97. The lowest BCUT2D eigenvalue weighted by atomic mass is 10.1. The predicted octanol–water partition coefficient (Wildman–Crippen LogP) is 1.02. The zero-order chi connectivity index (χ0) is 12.3. The van der Waals surface area contributed by atoms with Gasteiger partial charge in [-0.05, 0) is 25.0 Å². The number of hydrogen-bond acceptors (Lipinski definition) is 3. The lowest BCUT2D eigenvalue weighted by Crippen LogP contribution is -2.27. The van der Waals surface area contributed by atoms with Crippen LogP contribution in [0.3, 0.4) is 0 Å². The van der Waals surface area contributed by atoms with Gasteiger partial charge in [-0.2, -0.15) is 0 Å². The Bertz CT molecular complexity index is 451. The molecule has 1 saturated heterocycles. The van der Waals surface area contributed by atoms with E-state index in [1.807, 2.05) is 4.90 Å². The van der Waals surface area contributed by atoms with Gasteiger partial charge in [0.25, 0.3) is 5.91 Å². The molecule has 1 aliphatic heterocycles. The van der Waals surface area contributed by atoms with Crippen LogP contribution in [-0.2, 0) is 0 Å². The van der Waals surface area contributed by atoms with E-state index in [1.54, 1.807) is 24.3 Å². The second kappa shape index (κ2) is 4.86. The summed E-state index contributed by atoms with van der Waals surface area (Å²) in [6.07, 6.45) is 2.12. The number of amidine groups is 1. The van der Waals surface area contributed by atoms with Crippen LogP contribution in [0.1, 0.15) is 28.8 Å². The predicted molar refractivity (Wildman–Crippen MR) is 64.1 cm³/mol. The quantitative estimate of drug-likeness (QED) is 0.346. The highest BCUT2D eigenvalue weighted by molar-refractivity contribution is 6.01. The van der Waals surface area contributed by atoms with Crippen LogP contribution >= 0.6 is 0 Å². The van der Waals surface area contributed by atoms with Crippen molar-refractivity contribution in [2.45, 2.75) is 12.8 Å². The largest absolute Gasteiger partial charge is 0.409 e. The summed E-state index contributed by atoms with van der Waals surface area (Å²) in [5.74, 6) is 0.0242. The summed E-state index contributed by atoms with van der Waals surface area (Å²) in [5, 5.41) is 11.5. The van der Waals surface area contributed by atoms with Crippen LogP contribution in [0.15, 0.2) is 29.4 Å². The first-order valence-corrected chi connectivity index (χ1v) is 5.59. The van der Waals surface area contributed by atoms with Gasteiger partial charge in [0.05, 0.1) is 0 Å². The molecule has 1 heterocycles. The molecule has 17 heavy (non-hydrogen) atoms. The fourth-order valence-electron chi connectivity index (χ4n) is 1.97. The van der Waals surface area contributed by atoms with Crippen LogP contribution in [0.5, 0.6) is 0 Å². The van der Waals surface area contributed by atoms with Gasteiger partial charge in [0.1, 0.15) is 0 Å². The number of nitrogens with zero attached hydrogens (tertiary/aromatic N) is 2. The summed E-state index contributed by atoms with van der Waals surface area (Å²) in [6, 6.07) is 6.83. The van der Waals surface area contributed by atoms with Crippen molar-refractivity contribution in [3.63, 3.8) is 0 Å². The Labute approximate surface area is 99.5 Å². The van der Waals surface area contributed by atoms with Gasteiger partial charge in [0, 0.05) is 24.2 Å². The normalized spacial score (nSPS) is 16.2. The number of benzene rings is 1. The third kappa shape index (κ3) is 2.38. The molecule has 2 rings (SSSR count). The SMILES string of the molecule is N/C(=N\O)c1cccc(C(=O)N2CCCC2)c1. The first-order valence-electron chi connectivity index (χ1n) is 5.59. The molecule has 1 amide bonds. The Balaban J connectivity index is 2.23. The van der Waals surface area contributed by atoms with Gasteiger partial charge < -0.3 is 15.8 Å². The maximum absolute atomic E-state index is 12.1. The summed E-state index contributed by atoms with van der Waals surface area (Å²) >= 11 is 0. The topological polar surface area (TPSA) is 78.9 Å². The molecular formula is C12H15N3O2. The van der Waals surface area contributed by atoms with E-state index in [1.165, 1.54) is 0 Å². The van der Waals surface area contributed by atoms with E-state index >= 15 is 0 Å². The van der Waals surface area contributed by atoms with E-state index in [-0.39, 0.29) is 11.7 Å². The monoisotopic (exact) mass is 233 g/mol. The number of hydrogen-bond donors (Lipinski definition) is 2. The molecule has 5 nitrogen and oxygen atoms in total. The molecule has 0 radical (unpaired) electrons. The maximum Gasteiger partial charge on any atom is 0.253 e. The van der Waals surface area contributed by atoms with Crippen molar-refractivity contribution in [2.24, 2.45) is 10.9 Å². The van der Waals surface area contributed by atoms with E-state index in [0.717, 1.165) is 25.9 Å². The average Bonchev–Trinajstić information content (AvgIpc) is 2.91. The third-order valence-electron chi connectivity index (χ3n) is 2.91. The van der Waals surface area contributed by atoms with Gasteiger partial charge in [-0.25, -0.2) is 0 Å². The molecule has 0 bridgehead atoms. The van der Waals surface area contributed by atoms with Gasteiger partial charge in [-0.15, -0.1) is 0 Å². The molecule has 0 saturated carbocycles. The van der Waals surface area contributed by atoms with Crippen LogP contribution in [0.4, 0.5) is 0 Å². The second-order valence-electron chi connectivity index (χ2n) is 4.07. The molecule has 3 N–H and O–H groups in total. The highest BCUT2D eigenvalue weighted by Gasteiger charge is 2.19. The number of carbonyl (C=O) groups is 1. The first kappa shape index (κ1) is 11.4. The standard InChI is InChI=1S/C12H15N3O2/c13-11(14-17)9-4-3-5-10(8-9)12(16)15-6-1-2-7-15/h3-5,8,17H,1-2,6-7H2,(H2,13,14). The Morgan fingerprint density at radius 3 is 2.59 bits per heavy atom. The van der Waals surface area contributed by atoms with Gasteiger partial charge in [-0.1, -0.05) is 17.3 Å². The van der Waals surface area contributed by atoms with Crippen molar-refractivity contribution in [3.05, 3.63) is 35.4 Å². The number of amides is 1. The number of nitrogens with two attached hydrogens (primary N) is 1. The summed E-state index contributed by atoms with van der Waals surface area (Å²) in [6.45, 7) is 1.62. The Hall–Kier alpha value is -2.04. The number of oxime groups is 1. The van der Waals surface area contributed by atoms with Crippen molar-refractivity contribution in [1.29, 1.82) is 0 Å². The Kier molecular flexibility index (Phi) is 3.27. The molecule has 0 aromatic heterocycles. The molecule has 0 unspecified atom stereocenters. The van der Waals surface area contributed by atoms with Gasteiger partial charge >= 0.3 is 0 Å². The van der Waals surface area contributed by atoms with Crippen LogP contribution in [0.2, 0.25) is 0 Å². The van der Waals surface area contributed by atoms with Crippen molar-refractivity contribution in [1.82, 2.24) is 4.90 Å². The van der Waals surface area contributed by atoms with Crippen LogP contribution in [0, 0.1) is 0 Å². The number of carbonyl (C=O) groups excluding carboxylic acids is 1. The molecule has 0 atom stereocenters. The molecule has 5 heteroatoms. The van der Waals surface area contributed by atoms with Crippen molar-refractivity contribution in [2.75, 3.05) is 13.1 Å². The van der Waals surface area contributed by atoms with E-state index in [4.69, 9.17) is 10.9 Å². The molecule has 1 aromatic rings. The fraction of sp³-hybridized carbons (Fsp3) is 0.333. The highest BCUT2D eigenvalue weighted by atomic mass is 16.4. The molecule has 1 aromatic carbocycles. The second-order valence-corrected chi connectivity index (χ2v) is 4.07. The summed E-state index contributed by atoms with van der Waals surface area (Å²) in [5.41, 5.74) is 6.62. The Morgan fingerprint density at radius 1 is 1.29 bits per heavy atom. The van der Waals surface area contributed by atoms with Crippen LogP contribution in [0.25, 0.3) is 0 Å². The maximum atomic E-state index is 12.1. The molecular weight excluding hydrogens is 218 g/mol. The van der Waals surface area contributed by atoms with Crippen molar-refractivity contribution < 1.29 is 10.0 Å². The van der Waals surface area contributed by atoms with Crippen LogP contribution in [-0.4, -0.2) is 34.9 Å². The van der Waals surface area contributed by atoms with Crippen molar-refractivity contribution >= 4 is 11.7 Å². The lowest BCUT2D eigenvalue weighted by molar-refractivity contribution is 0.0793. The third-order valence-corrected chi connectivity index (χ3v) is 2.91. The molecule has 1 aliphatic rings. The van der Waals surface area contributed by atoms with E-state index in [2.05, 4.69) is 5.16 Å². The summed E-state index contributed by atoms with van der Waals surface area (Å²) in [4.78, 5) is 13.9. The zero-order valence-corrected chi connectivity index (χ0v) is 9.47. The van der Waals surface area contributed by atoms with Crippen LogP contribution < -0.4 is 5.73 Å². The number of likely N-dealkylation sites (tertiary alicyclic amines) is 1. The first-order chi connectivity index (χ1) is 8.22. The van der Waals surface area contributed by atoms with E-state index < -0.39 is 0 Å². The smallest absolute Gasteiger partial charge is 0.253 e. The summed E-state index contributed by atoms with van der Waals surface area (Å²) in [7, 11) is 0. The number of rotatable bonds is 2. The zero-order valence-electron chi connectivity index (χ0n) is 9.47. The molecule has 0 spiro atoms. The van der Waals surface area contributed by atoms with E-state index in [9.17, 15) is 4.79 Å². The van der Waals surface area contributed by atoms with Gasteiger partial charge in [-0.3, -0.25) is 4.79 Å².